The molecule has 0 unspecified atom stereocenters. The van der Waals surface area contributed by atoms with Gasteiger partial charge in [-0.3, -0.25) is 13.9 Å². The molecule has 0 spiro atoms. The Kier molecular flexibility index (Phi) is 11.3. The monoisotopic (exact) mass is 679 g/mol. The first-order valence-electron chi connectivity index (χ1n) is 14.3. The van der Waals surface area contributed by atoms with Gasteiger partial charge < -0.3 is 10.2 Å². The molecule has 0 aliphatic carbocycles. The second-order valence-electron chi connectivity index (χ2n) is 10.5. The largest absolute Gasteiger partial charge is 0.352 e. The van der Waals surface area contributed by atoms with Gasteiger partial charge in [0.05, 0.1) is 10.6 Å². The van der Waals surface area contributed by atoms with E-state index in [0.717, 1.165) is 26.0 Å². The molecule has 7 nitrogen and oxygen atoms in total. The summed E-state index contributed by atoms with van der Waals surface area (Å²) in [5.74, 6) is -1.82. The van der Waals surface area contributed by atoms with Crippen molar-refractivity contribution in [1.29, 1.82) is 0 Å². The Morgan fingerprint density at radius 1 is 0.864 bits per heavy atom. The van der Waals surface area contributed by atoms with E-state index in [1.807, 2.05) is 68.4 Å². The summed E-state index contributed by atoms with van der Waals surface area (Å²) in [5.41, 5.74) is 1.29. The molecule has 1 N–H and O–H groups in total. The molecule has 0 aliphatic rings. The number of sulfonamides is 1. The van der Waals surface area contributed by atoms with Crippen LogP contribution in [0.5, 0.6) is 0 Å². The molecule has 230 valence electrons. The van der Waals surface area contributed by atoms with Crippen LogP contribution < -0.4 is 9.62 Å². The van der Waals surface area contributed by atoms with Gasteiger partial charge >= 0.3 is 0 Å². The third kappa shape index (κ3) is 8.33. The minimum atomic E-state index is -4.37. The second kappa shape index (κ2) is 15.1. The van der Waals surface area contributed by atoms with Crippen molar-refractivity contribution in [2.45, 2.75) is 50.2 Å². The fraction of sp³-hybridized carbons (Fsp3) is 0.235. The summed E-state index contributed by atoms with van der Waals surface area (Å²) in [6.07, 6.45) is 0.869. The van der Waals surface area contributed by atoms with E-state index >= 15 is 4.39 Å². The predicted octanol–water partition coefficient (Wildman–Crippen LogP) is 6.34. The standard InChI is InChI=1S/C34H35BrFN3O4S/c1-3-25(2)37-34(41)32(22-26-13-6-4-7-14-26)38(23-27-15-12-16-28(35)21-27)33(40)24-39(31-20-11-10-19-30(31)36)44(42,43)29-17-8-5-9-18-29/h4-21,25,32H,3,22-24H2,1-2H3,(H,37,41)/t25-,32-/m1/s1. The Morgan fingerprint density at radius 2 is 1.48 bits per heavy atom. The summed E-state index contributed by atoms with van der Waals surface area (Å²) >= 11 is 3.47. The lowest BCUT2D eigenvalue weighted by atomic mass is 10.0. The number of nitrogens with zero attached hydrogens (tertiary/aromatic N) is 2. The fourth-order valence-electron chi connectivity index (χ4n) is 4.71. The van der Waals surface area contributed by atoms with E-state index in [-0.39, 0.29) is 35.5 Å². The summed E-state index contributed by atoms with van der Waals surface area (Å²) in [7, 11) is -4.37. The normalized spacial score (nSPS) is 12.6. The van der Waals surface area contributed by atoms with Gasteiger partial charge in [0.15, 0.2) is 0 Å². The maximum absolute atomic E-state index is 15.2. The number of nitrogens with one attached hydrogen (secondary N) is 1. The van der Waals surface area contributed by atoms with E-state index < -0.39 is 34.3 Å². The van der Waals surface area contributed by atoms with Gasteiger partial charge in [0, 0.05) is 23.5 Å². The third-order valence-corrected chi connectivity index (χ3v) is 9.51. The zero-order valence-corrected chi connectivity index (χ0v) is 27.0. The molecule has 0 saturated carbocycles. The molecule has 0 fully saturated rings. The van der Waals surface area contributed by atoms with Crippen LogP contribution in [-0.4, -0.2) is 43.8 Å². The number of benzene rings is 4. The van der Waals surface area contributed by atoms with Crippen molar-refractivity contribution in [3.63, 3.8) is 0 Å². The van der Waals surface area contributed by atoms with E-state index in [0.29, 0.717) is 6.42 Å². The zero-order valence-electron chi connectivity index (χ0n) is 24.6. The fourth-order valence-corrected chi connectivity index (χ4v) is 6.60. The lowest BCUT2D eigenvalue weighted by molar-refractivity contribution is -0.140. The first kappa shape index (κ1) is 32.9. The highest BCUT2D eigenvalue weighted by atomic mass is 79.9. The van der Waals surface area contributed by atoms with E-state index in [4.69, 9.17) is 0 Å². The summed E-state index contributed by atoms with van der Waals surface area (Å²) in [6, 6.07) is 28.5. The highest BCUT2D eigenvalue weighted by molar-refractivity contribution is 9.10. The molecule has 4 aromatic rings. The Bertz CT molecular complexity index is 1670. The number of carbonyl (C=O) groups is 2. The highest BCUT2D eigenvalue weighted by Gasteiger charge is 2.35. The Labute approximate surface area is 266 Å². The van der Waals surface area contributed by atoms with Crippen molar-refractivity contribution in [3.8, 4) is 0 Å². The van der Waals surface area contributed by atoms with Gasteiger partial charge in [-0.05, 0) is 60.9 Å². The van der Waals surface area contributed by atoms with Crippen LogP contribution in [0.2, 0.25) is 0 Å². The summed E-state index contributed by atoms with van der Waals surface area (Å²) in [4.78, 5) is 29.5. The van der Waals surface area contributed by atoms with Gasteiger partial charge in [-0.1, -0.05) is 95.7 Å². The van der Waals surface area contributed by atoms with Gasteiger partial charge in [-0.2, -0.15) is 0 Å². The van der Waals surface area contributed by atoms with Gasteiger partial charge in [0.25, 0.3) is 10.0 Å². The van der Waals surface area contributed by atoms with Crippen molar-refractivity contribution in [1.82, 2.24) is 10.2 Å². The second-order valence-corrected chi connectivity index (χ2v) is 13.2. The smallest absolute Gasteiger partial charge is 0.264 e. The third-order valence-electron chi connectivity index (χ3n) is 7.25. The first-order chi connectivity index (χ1) is 21.1. The number of anilines is 1. The molecule has 0 radical (unpaired) electrons. The van der Waals surface area contributed by atoms with Crippen LogP contribution in [-0.2, 0) is 32.6 Å². The molecule has 4 rings (SSSR count). The lowest BCUT2D eigenvalue weighted by Crippen LogP contribution is -2.54. The van der Waals surface area contributed by atoms with Crippen molar-refractivity contribution in [2.24, 2.45) is 0 Å². The molecule has 0 bridgehead atoms. The summed E-state index contributed by atoms with van der Waals surface area (Å²) in [6.45, 7) is 3.11. The van der Waals surface area contributed by atoms with Crippen molar-refractivity contribution in [3.05, 3.63) is 131 Å². The maximum atomic E-state index is 15.2. The number of rotatable bonds is 13. The van der Waals surface area contributed by atoms with Crippen molar-refractivity contribution in [2.75, 3.05) is 10.8 Å². The molecular weight excluding hydrogens is 645 g/mol. The zero-order chi connectivity index (χ0) is 31.7. The van der Waals surface area contributed by atoms with Crippen LogP contribution in [0.3, 0.4) is 0 Å². The minimum absolute atomic E-state index is 0.0141. The molecule has 0 aromatic heterocycles. The van der Waals surface area contributed by atoms with Crippen LogP contribution in [0.1, 0.15) is 31.4 Å². The number of carbonyl (C=O) groups excluding carboxylic acids is 2. The topological polar surface area (TPSA) is 86.8 Å². The van der Waals surface area contributed by atoms with Crippen LogP contribution >= 0.6 is 15.9 Å². The molecule has 4 aromatic carbocycles. The number of hydrogen-bond donors (Lipinski definition) is 1. The number of hydrogen-bond acceptors (Lipinski definition) is 4. The number of para-hydroxylation sites is 1. The molecule has 0 aliphatic heterocycles. The quantitative estimate of drug-likeness (QED) is 0.179. The summed E-state index contributed by atoms with van der Waals surface area (Å²) in [5, 5.41) is 3.00. The van der Waals surface area contributed by atoms with Gasteiger partial charge in [-0.25, -0.2) is 12.8 Å². The van der Waals surface area contributed by atoms with Gasteiger partial charge in [-0.15, -0.1) is 0 Å². The van der Waals surface area contributed by atoms with Crippen molar-refractivity contribution < 1.29 is 22.4 Å². The summed E-state index contributed by atoms with van der Waals surface area (Å²) < 4.78 is 44.6. The molecule has 44 heavy (non-hydrogen) atoms. The van der Waals surface area contributed by atoms with Crippen LogP contribution in [0, 0.1) is 5.82 Å². The van der Waals surface area contributed by atoms with E-state index in [1.54, 1.807) is 18.2 Å². The van der Waals surface area contributed by atoms with Gasteiger partial charge in [0.1, 0.15) is 18.4 Å². The average molecular weight is 681 g/mol. The van der Waals surface area contributed by atoms with Gasteiger partial charge in [0.2, 0.25) is 11.8 Å². The van der Waals surface area contributed by atoms with E-state index in [1.165, 1.54) is 35.2 Å². The number of halogens is 2. The number of amides is 2. The maximum Gasteiger partial charge on any atom is 0.264 e. The molecule has 10 heteroatoms. The molecule has 0 saturated heterocycles. The average Bonchev–Trinajstić information content (AvgIpc) is 3.02. The van der Waals surface area contributed by atoms with Crippen molar-refractivity contribution >= 4 is 43.5 Å². The Morgan fingerprint density at radius 3 is 2.11 bits per heavy atom. The minimum Gasteiger partial charge on any atom is -0.352 e. The predicted molar refractivity (Wildman–Crippen MR) is 174 cm³/mol. The Hall–Kier alpha value is -4.02. The molecule has 2 atom stereocenters. The van der Waals surface area contributed by atoms with Crippen LogP contribution in [0.4, 0.5) is 10.1 Å². The van der Waals surface area contributed by atoms with Crippen LogP contribution in [0.25, 0.3) is 0 Å². The first-order valence-corrected chi connectivity index (χ1v) is 16.5. The van der Waals surface area contributed by atoms with E-state index in [2.05, 4.69) is 21.2 Å². The molecular formula is C34H35BrFN3O4S. The lowest BCUT2D eigenvalue weighted by Gasteiger charge is -2.34. The van der Waals surface area contributed by atoms with Crippen LogP contribution in [0.15, 0.2) is 119 Å². The molecule has 2 amide bonds. The van der Waals surface area contributed by atoms with E-state index in [9.17, 15) is 18.0 Å². The highest BCUT2D eigenvalue weighted by Crippen LogP contribution is 2.27. The SMILES string of the molecule is CC[C@@H](C)NC(=O)[C@@H](Cc1ccccc1)N(Cc1cccc(Br)c1)C(=O)CN(c1ccccc1F)S(=O)(=O)c1ccccc1. The molecule has 0 heterocycles. The Balaban J connectivity index is 1.81.